The largest absolute Gasteiger partial charge is 0.347 e. The maximum atomic E-state index is 13.8. The van der Waals surface area contributed by atoms with Crippen LogP contribution < -0.4 is 5.32 Å². The third-order valence-electron chi connectivity index (χ3n) is 2.60. The highest BCUT2D eigenvalue weighted by Gasteiger charge is 2.26. The van der Waals surface area contributed by atoms with Crippen molar-refractivity contribution >= 4 is 38.9 Å². The predicted octanol–water partition coefficient (Wildman–Crippen LogP) is 3.63. The van der Waals surface area contributed by atoms with Crippen LogP contribution in [0.3, 0.4) is 0 Å². The van der Waals surface area contributed by atoms with Crippen molar-refractivity contribution in [2.45, 2.75) is 6.54 Å². The Hall–Kier alpha value is -1.87. The van der Waals surface area contributed by atoms with Crippen molar-refractivity contribution in [1.82, 2.24) is 5.32 Å². The van der Waals surface area contributed by atoms with E-state index in [1.807, 2.05) is 0 Å². The van der Waals surface area contributed by atoms with Crippen LogP contribution in [0.5, 0.6) is 0 Å². The Balaban J connectivity index is 2.25. The number of carbonyl (C=O) groups excluding carboxylic acids is 1. The molecule has 0 saturated carbocycles. The fraction of sp³-hybridized carbons (Fsp3) is 0.0833. The molecule has 1 amide bonds. The van der Waals surface area contributed by atoms with Gasteiger partial charge in [-0.1, -0.05) is 0 Å². The monoisotopic (exact) mass is 376 g/mol. The van der Waals surface area contributed by atoms with Crippen molar-refractivity contribution in [2.24, 2.45) is 0 Å². The standard InChI is InChI=1S/C12H7BrF2N2O3S/c13-6-3-4-21-9(6)5-16-12(18)10-7(14)1-2-8(11(10)15)17(19)20/h1-4H,5H2,(H,16,18). The molecule has 0 spiro atoms. The molecule has 2 aromatic rings. The quantitative estimate of drug-likeness (QED) is 0.654. The topological polar surface area (TPSA) is 72.2 Å². The Labute approximate surface area is 129 Å². The van der Waals surface area contributed by atoms with Gasteiger partial charge in [-0.15, -0.1) is 11.3 Å². The minimum absolute atomic E-state index is 0.0542. The average Bonchev–Trinajstić information content (AvgIpc) is 2.81. The Kier molecular flexibility index (Phi) is 4.63. The molecule has 0 saturated heterocycles. The average molecular weight is 377 g/mol. The fourth-order valence-corrected chi connectivity index (χ4v) is 3.02. The van der Waals surface area contributed by atoms with Crippen molar-refractivity contribution < 1.29 is 18.5 Å². The number of nitro groups is 1. The van der Waals surface area contributed by atoms with Crippen LogP contribution in [0.2, 0.25) is 0 Å². The van der Waals surface area contributed by atoms with Crippen molar-refractivity contribution in [3.63, 3.8) is 0 Å². The van der Waals surface area contributed by atoms with Crippen molar-refractivity contribution in [3.05, 3.63) is 60.2 Å². The molecule has 1 heterocycles. The molecule has 5 nitrogen and oxygen atoms in total. The molecule has 0 bridgehead atoms. The van der Waals surface area contributed by atoms with E-state index in [1.165, 1.54) is 11.3 Å². The van der Waals surface area contributed by atoms with Gasteiger partial charge >= 0.3 is 5.69 Å². The van der Waals surface area contributed by atoms with Crippen molar-refractivity contribution in [1.29, 1.82) is 0 Å². The van der Waals surface area contributed by atoms with Gasteiger partial charge in [-0.05, 0) is 33.4 Å². The molecule has 110 valence electrons. The molecule has 9 heteroatoms. The van der Waals surface area contributed by atoms with Crippen LogP contribution >= 0.6 is 27.3 Å². The summed E-state index contributed by atoms with van der Waals surface area (Å²) in [5.41, 5.74) is -1.91. The number of nitrogens with one attached hydrogen (secondary N) is 1. The van der Waals surface area contributed by atoms with Crippen LogP contribution in [-0.2, 0) is 6.54 Å². The third kappa shape index (κ3) is 3.24. The lowest BCUT2D eigenvalue weighted by molar-refractivity contribution is -0.387. The summed E-state index contributed by atoms with van der Waals surface area (Å²) in [4.78, 5) is 22.2. The van der Waals surface area contributed by atoms with Crippen LogP contribution in [0.15, 0.2) is 28.1 Å². The summed E-state index contributed by atoms with van der Waals surface area (Å²) >= 11 is 4.60. The fourth-order valence-electron chi connectivity index (χ4n) is 1.59. The van der Waals surface area contributed by atoms with E-state index in [-0.39, 0.29) is 6.54 Å². The molecular weight excluding hydrogens is 370 g/mol. The van der Waals surface area contributed by atoms with E-state index in [0.717, 1.165) is 9.35 Å². The molecule has 0 atom stereocenters. The first kappa shape index (κ1) is 15.5. The summed E-state index contributed by atoms with van der Waals surface area (Å²) in [5, 5.41) is 14.7. The van der Waals surface area contributed by atoms with Gasteiger partial charge in [0.15, 0.2) is 0 Å². The summed E-state index contributed by atoms with van der Waals surface area (Å²) < 4.78 is 28.1. The molecule has 0 unspecified atom stereocenters. The Morgan fingerprint density at radius 2 is 2.10 bits per heavy atom. The smallest absolute Gasteiger partial charge is 0.305 e. The molecular formula is C12H7BrF2N2O3S. The van der Waals surface area contributed by atoms with Gasteiger partial charge in [0.2, 0.25) is 5.82 Å². The van der Waals surface area contributed by atoms with E-state index in [2.05, 4.69) is 21.2 Å². The number of carbonyl (C=O) groups is 1. The first-order valence-electron chi connectivity index (χ1n) is 5.54. The normalized spacial score (nSPS) is 10.4. The molecule has 0 fully saturated rings. The molecule has 0 radical (unpaired) electrons. The number of nitrogens with zero attached hydrogens (tertiary/aromatic N) is 1. The molecule has 1 aromatic carbocycles. The van der Waals surface area contributed by atoms with E-state index < -0.39 is 33.7 Å². The first-order valence-corrected chi connectivity index (χ1v) is 7.21. The van der Waals surface area contributed by atoms with Crippen LogP contribution in [0.25, 0.3) is 0 Å². The predicted molar refractivity (Wildman–Crippen MR) is 76.2 cm³/mol. The van der Waals surface area contributed by atoms with Crippen LogP contribution in [0.1, 0.15) is 15.2 Å². The van der Waals surface area contributed by atoms with Gasteiger partial charge in [-0.2, -0.15) is 4.39 Å². The number of amides is 1. The van der Waals surface area contributed by atoms with E-state index in [1.54, 1.807) is 11.4 Å². The van der Waals surface area contributed by atoms with Crippen LogP contribution in [0.4, 0.5) is 14.5 Å². The highest BCUT2D eigenvalue weighted by Crippen LogP contribution is 2.24. The zero-order valence-corrected chi connectivity index (χ0v) is 12.6. The van der Waals surface area contributed by atoms with E-state index >= 15 is 0 Å². The van der Waals surface area contributed by atoms with Crippen LogP contribution in [0, 0.1) is 21.7 Å². The van der Waals surface area contributed by atoms with E-state index in [4.69, 9.17) is 0 Å². The van der Waals surface area contributed by atoms with E-state index in [9.17, 15) is 23.7 Å². The second-order valence-electron chi connectivity index (χ2n) is 3.89. The molecule has 0 aliphatic heterocycles. The van der Waals surface area contributed by atoms with Gasteiger partial charge in [-0.3, -0.25) is 14.9 Å². The summed E-state index contributed by atoms with van der Waals surface area (Å²) in [7, 11) is 0. The SMILES string of the molecule is O=C(NCc1sccc1Br)c1c(F)ccc([N+](=O)[O-])c1F. The van der Waals surface area contributed by atoms with Gasteiger partial charge in [0.1, 0.15) is 11.4 Å². The molecule has 2 rings (SSSR count). The Morgan fingerprint density at radius 1 is 1.38 bits per heavy atom. The summed E-state index contributed by atoms with van der Waals surface area (Å²) in [6.07, 6.45) is 0. The summed E-state index contributed by atoms with van der Waals surface area (Å²) in [6.45, 7) is 0.0542. The number of hydrogen-bond donors (Lipinski definition) is 1. The maximum absolute atomic E-state index is 13.8. The van der Waals surface area contributed by atoms with Gasteiger partial charge in [0.05, 0.1) is 11.5 Å². The second-order valence-corrected chi connectivity index (χ2v) is 5.74. The zero-order valence-electron chi connectivity index (χ0n) is 10.2. The molecule has 0 aliphatic carbocycles. The number of rotatable bonds is 4. The number of hydrogen-bond acceptors (Lipinski definition) is 4. The molecule has 21 heavy (non-hydrogen) atoms. The lowest BCUT2D eigenvalue weighted by Gasteiger charge is -2.06. The van der Waals surface area contributed by atoms with E-state index in [0.29, 0.717) is 12.1 Å². The first-order chi connectivity index (χ1) is 9.91. The highest BCUT2D eigenvalue weighted by molar-refractivity contribution is 9.10. The molecule has 1 aromatic heterocycles. The molecule has 1 N–H and O–H groups in total. The number of nitro benzene ring substituents is 1. The number of thiophene rings is 1. The van der Waals surface area contributed by atoms with Gasteiger partial charge in [-0.25, -0.2) is 4.39 Å². The summed E-state index contributed by atoms with van der Waals surface area (Å²) in [5.74, 6) is -3.68. The number of benzene rings is 1. The zero-order chi connectivity index (χ0) is 15.6. The third-order valence-corrected chi connectivity index (χ3v) is 4.52. The second kappa shape index (κ2) is 6.27. The van der Waals surface area contributed by atoms with Crippen molar-refractivity contribution in [3.8, 4) is 0 Å². The van der Waals surface area contributed by atoms with Gasteiger partial charge < -0.3 is 5.32 Å². The van der Waals surface area contributed by atoms with Crippen LogP contribution in [-0.4, -0.2) is 10.8 Å². The van der Waals surface area contributed by atoms with Crippen molar-refractivity contribution in [2.75, 3.05) is 0 Å². The lowest BCUT2D eigenvalue weighted by Crippen LogP contribution is -2.25. The minimum Gasteiger partial charge on any atom is -0.347 e. The Bertz CT molecular complexity index is 721. The lowest BCUT2D eigenvalue weighted by atomic mass is 10.1. The van der Waals surface area contributed by atoms with Gasteiger partial charge in [0.25, 0.3) is 5.91 Å². The Morgan fingerprint density at radius 3 is 2.67 bits per heavy atom. The maximum Gasteiger partial charge on any atom is 0.305 e. The molecule has 0 aliphatic rings. The number of halogens is 3. The highest BCUT2D eigenvalue weighted by atomic mass is 79.9. The summed E-state index contributed by atoms with van der Waals surface area (Å²) in [6, 6.07) is 3.13. The van der Waals surface area contributed by atoms with Gasteiger partial charge in [0, 0.05) is 15.4 Å². The minimum atomic E-state index is -1.48.